The molecule has 11 heteroatoms. The van der Waals surface area contributed by atoms with E-state index in [1.807, 2.05) is 30.3 Å². The summed E-state index contributed by atoms with van der Waals surface area (Å²) in [6.07, 6.45) is 1.14. The lowest BCUT2D eigenvalue weighted by atomic mass is 10.2. The van der Waals surface area contributed by atoms with Gasteiger partial charge in [-0.3, -0.25) is 25.8 Å². The lowest BCUT2D eigenvalue weighted by Crippen LogP contribution is -2.30. The average molecular weight is 477 g/mol. The molecule has 1 amide bonds. The molecule has 0 atom stereocenters. The molecule has 0 fully saturated rings. The molecule has 0 spiro atoms. The van der Waals surface area contributed by atoms with Gasteiger partial charge in [-0.25, -0.2) is 9.97 Å². The van der Waals surface area contributed by atoms with Gasteiger partial charge in [-0.05, 0) is 60.7 Å². The first-order valence-corrected chi connectivity index (χ1v) is 10.3. The highest BCUT2D eigenvalue weighted by atomic mass is 35.5. The van der Waals surface area contributed by atoms with Crippen molar-refractivity contribution in [3.05, 3.63) is 106 Å². The normalized spacial score (nSPS) is 10.3. The van der Waals surface area contributed by atoms with E-state index in [1.54, 1.807) is 36.4 Å². The molecule has 10 nitrogen and oxygen atoms in total. The van der Waals surface area contributed by atoms with E-state index in [2.05, 4.69) is 26.1 Å². The Morgan fingerprint density at radius 3 is 2.21 bits per heavy atom. The maximum Gasteiger partial charge on any atom is 0.355 e. The van der Waals surface area contributed by atoms with Crippen molar-refractivity contribution in [2.75, 3.05) is 10.7 Å². The van der Waals surface area contributed by atoms with E-state index in [1.165, 1.54) is 12.1 Å². The van der Waals surface area contributed by atoms with Crippen molar-refractivity contribution in [3.63, 3.8) is 0 Å². The van der Waals surface area contributed by atoms with Gasteiger partial charge in [0, 0.05) is 16.3 Å². The summed E-state index contributed by atoms with van der Waals surface area (Å²) in [7, 11) is 0. The van der Waals surface area contributed by atoms with Gasteiger partial charge in [0.05, 0.1) is 4.92 Å². The third-order valence-corrected chi connectivity index (χ3v) is 4.75. The summed E-state index contributed by atoms with van der Waals surface area (Å²) < 4.78 is 5.74. The summed E-state index contributed by atoms with van der Waals surface area (Å²) in [5.74, 6) is 0.522. The lowest BCUT2D eigenvalue weighted by molar-refractivity contribution is -0.383. The van der Waals surface area contributed by atoms with Crippen molar-refractivity contribution >= 4 is 40.5 Å². The molecule has 1 aromatic heterocycles. The number of nitrogens with one attached hydrogen (secondary N) is 3. The van der Waals surface area contributed by atoms with Crippen molar-refractivity contribution in [2.45, 2.75) is 0 Å². The standard InChI is InChI=1S/C23H17ClN6O4/c24-16-8-6-15(7-9-16)23(31)29-28-22-20(30(32)33)21(25-14-26-22)27-17-10-12-19(13-11-17)34-18-4-2-1-3-5-18/h1-14H,(H,29,31)(H2,25,26,27,28). The van der Waals surface area contributed by atoms with Crippen molar-refractivity contribution in [3.8, 4) is 11.5 Å². The summed E-state index contributed by atoms with van der Waals surface area (Å²) >= 11 is 5.82. The zero-order chi connectivity index (χ0) is 23.9. The fraction of sp³-hybridized carbons (Fsp3) is 0. The quantitative estimate of drug-likeness (QED) is 0.229. The fourth-order valence-corrected chi connectivity index (χ4v) is 3.02. The summed E-state index contributed by atoms with van der Waals surface area (Å²) in [6.45, 7) is 0. The summed E-state index contributed by atoms with van der Waals surface area (Å²) in [4.78, 5) is 31.2. The van der Waals surface area contributed by atoms with Gasteiger partial charge in [0.1, 0.15) is 17.8 Å². The Kier molecular flexibility index (Phi) is 6.80. The number of nitrogens with zero attached hydrogens (tertiary/aromatic N) is 3. The van der Waals surface area contributed by atoms with Crippen LogP contribution < -0.4 is 20.9 Å². The van der Waals surface area contributed by atoms with E-state index in [0.717, 1.165) is 6.33 Å². The predicted molar refractivity (Wildman–Crippen MR) is 127 cm³/mol. The molecule has 3 aromatic carbocycles. The van der Waals surface area contributed by atoms with Crippen LogP contribution in [0.3, 0.4) is 0 Å². The number of anilines is 3. The minimum atomic E-state index is -0.647. The van der Waals surface area contributed by atoms with E-state index in [0.29, 0.717) is 27.8 Å². The van der Waals surface area contributed by atoms with Gasteiger partial charge in [-0.2, -0.15) is 0 Å². The minimum Gasteiger partial charge on any atom is -0.457 e. The first-order chi connectivity index (χ1) is 16.5. The van der Waals surface area contributed by atoms with Crippen molar-refractivity contribution < 1.29 is 14.5 Å². The van der Waals surface area contributed by atoms with E-state index in [9.17, 15) is 14.9 Å². The molecule has 1 heterocycles. The second-order valence-corrected chi connectivity index (χ2v) is 7.26. The molecule has 0 radical (unpaired) electrons. The van der Waals surface area contributed by atoms with Crippen LogP contribution in [0.25, 0.3) is 0 Å². The average Bonchev–Trinajstić information content (AvgIpc) is 2.85. The lowest BCUT2D eigenvalue weighted by Gasteiger charge is -2.11. The second-order valence-electron chi connectivity index (χ2n) is 6.83. The van der Waals surface area contributed by atoms with Gasteiger partial charge >= 0.3 is 5.69 Å². The topological polar surface area (TPSA) is 131 Å². The highest BCUT2D eigenvalue weighted by Crippen LogP contribution is 2.31. The molecule has 34 heavy (non-hydrogen) atoms. The van der Waals surface area contributed by atoms with Crippen LogP contribution in [0.1, 0.15) is 10.4 Å². The van der Waals surface area contributed by atoms with Gasteiger partial charge in [-0.1, -0.05) is 29.8 Å². The number of nitro groups is 1. The van der Waals surface area contributed by atoms with Gasteiger partial charge < -0.3 is 10.1 Å². The molecule has 0 saturated heterocycles. The van der Waals surface area contributed by atoms with E-state index >= 15 is 0 Å². The van der Waals surface area contributed by atoms with Crippen LogP contribution in [0.4, 0.5) is 23.0 Å². The van der Waals surface area contributed by atoms with Crippen molar-refractivity contribution in [1.82, 2.24) is 15.4 Å². The first-order valence-electron chi connectivity index (χ1n) is 9.91. The molecule has 0 aliphatic rings. The molecular formula is C23H17ClN6O4. The van der Waals surface area contributed by atoms with E-state index < -0.39 is 16.5 Å². The second kappa shape index (κ2) is 10.3. The zero-order valence-electron chi connectivity index (χ0n) is 17.4. The SMILES string of the molecule is O=C(NNc1ncnc(Nc2ccc(Oc3ccccc3)cc2)c1[N+](=O)[O-])c1ccc(Cl)cc1. The Labute approximate surface area is 198 Å². The number of rotatable bonds is 8. The number of benzene rings is 3. The van der Waals surface area contributed by atoms with Crippen molar-refractivity contribution in [2.24, 2.45) is 0 Å². The molecule has 0 aliphatic heterocycles. The Hall–Kier alpha value is -4.70. The van der Waals surface area contributed by atoms with Crippen LogP contribution in [0, 0.1) is 10.1 Å². The first kappa shape index (κ1) is 22.5. The number of hydrazine groups is 1. The maximum atomic E-state index is 12.3. The number of carbonyl (C=O) groups is 1. The Balaban J connectivity index is 1.48. The Morgan fingerprint density at radius 2 is 1.53 bits per heavy atom. The van der Waals surface area contributed by atoms with Gasteiger partial charge in [0.15, 0.2) is 0 Å². The number of amides is 1. The van der Waals surface area contributed by atoms with Crippen LogP contribution in [0.5, 0.6) is 11.5 Å². The highest BCUT2D eigenvalue weighted by Gasteiger charge is 2.23. The molecule has 4 aromatic rings. The largest absolute Gasteiger partial charge is 0.457 e. The monoisotopic (exact) mass is 476 g/mol. The van der Waals surface area contributed by atoms with Crippen LogP contribution in [0.2, 0.25) is 5.02 Å². The summed E-state index contributed by atoms with van der Waals surface area (Å²) in [6, 6.07) is 22.3. The summed E-state index contributed by atoms with van der Waals surface area (Å²) in [5, 5.41) is 15.1. The number of para-hydroxylation sites is 1. The number of ether oxygens (including phenoxy) is 1. The number of aromatic nitrogens is 2. The zero-order valence-corrected chi connectivity index (χ0v) is 18.2. The Bertz CT molecular complexity index is 1300. The van der Waals surface area contributed by atoms with Gasteiger partial charge in [0.2, 0.25) is 11.6 Å². The molecule has 0 aliphatic carbocycles. The molecule has 170 valence electrons. The van der Waals surface area contributed by atoms with E-state index in [4.69, 9.17) is 16.3 Å². The smallest absolute Gasteiger partial charge is 0.355 e. The fourth-order valence-electron chi connectivity index (χ4n) is 2.89. The predicted octanol–water partition coefficient (Wildman–Crippen LogP) is 5.33. The molecule has 0 unspecified atom stereocenters. The molecular weight excluding hydrogens is 460 g/mol. The number of hydrogen-bond acceptors (Lipinski definition) is 8. The van der Waals surface area contributed by atoms with Crippen LogP contribution in [-0.4, -0.2) is 20.8 Å². The number of hydrogen-bond donors (Lipinski definition) is 3. The summed E-state index contributed by atoms with van der Waals surface area (Å²) in [5.41, 5.74) is 5.27. The third kappa shape index (κ3) is 5.56. The highest BCUT2D eigenvalue weighted by molar-refractivity contribution is 6.30. The molecule has 0 saturated carbocycles. The van der Waals surface area contributed by atoms with Crippen LogP contribution in [0.15, 0.2) is 85.2 Å². The van der Waals surface area contributed by atoms with E-state index in [-0.39, 0.29) is 11.6 Å². The minimum absolute atomic E-state index is 0.0556. The van der Waals surface area contributed by atoms with Gasteiger partial charge in [0.25, 0.3) is 5.91 Å². The number of carbonyl (C=O) groups excluding carboxylic acids is 1. The molecule has 3 N–H and O–H groups in total. The maximum absolute atomic E-state index is 12.3. The third-order valence-electron chi connectivity index (χ3n) is 4.50. The molecule has 0 bridgehead atoms. The van der Waals surface area contributed by atoms with Crippen LogP contribution in [-0.2, 0) is 0 Å². The Morgan fingerprint density at radius 1 is 0.882 bits per heavy atom. The van der Waals surface area contributed by atoms with Crippen molar-refractivity contribution in [1.29, 1.82) is 0 Å². The number of halogens is 1. The van der Waals surface area contributed by atoms with Gasteiger partial charge in [-0.15, -0.1) is 0 Å². The molecule has 4 rings (SSSR count). The van der Waals surface area contributed by atoms with Crippen LogP contribution >= 0.6 is 11.6 Å².